The van der Waals surface area contributed by atoms with Crippen molar-refractivity contribution in [2.24, 2.45) is 5.92 Å². The number of nitrogens with zero attached hydrogens (tertiary/aromatic N) is 1. The van der Waals surface area contributed by atoms with E-state index in [0.29, 0.717) is 6.10 Å². The minimum absolute atomic E-state index is 0.529. The number of nitrogens with one attached hydrogen (secondary N) is 1. The summed E-state index contributed by atoms with van der Waals surface area (Å²) in [5.41, 5.74) is 0. The van der Waals surface area contributed by atoms with Gasteiger partial charge in [-0.15, -0.1) is 0 Å². The maximum atomic E-state index is 5.92. The molecule has 18 heavy (non-hydrogen) atoms. The van der Waals surface area contributed by atoms with Crippen LogP contribution in [0.1, 0.15) is 44.9 Å². The maximum Gasteiger partial charge on any atom is 0.0702 e. The number of hydrogen-bond donors (Lipinski definition) is 1. The Hall–Kier alpha value is -0.120. The molecule has 0 aromatic heterocycles. The lowest BCUT2D eigenvalue weighted by atomic mass is 9.97. The van der Waals surface area contributed by atoms with Crippen molar-refractivity contribution in [2.45, 2.75) is 57.1 Å². The summed E-state index contributed by atoms with van der Waals surface area (Å²) >= 11 is 0. The third-order valence-electron chi connectivity index (χ3n) is 4.73. The fourth-order valence-electron chi connectivity index (χ4n) is 3.42. The average Bonchev–Trinajstić information content (AvgIpc) is 3.25. The Labute approximate surface area is 111 Å². The molecular weight excluding hydrogens is 224 g/mol. The molecule has 0 amide bonds. The van der Waals surface area contributed by atoms with Gasteiger partial charge < -0.3 is 10.1 Å². The van der Waals surface area contributed by atoms with E-state index in [4.69, 9.17) is 4.74 Å². The van der Waals surface area contributed by atoms with Crippen LogP contribution >= 0.6 is 0 Å². The van der Waals surface area contributed by atoms with Gasteiger partial charge in [0.2, 0.25) is 0 Å². The molecular formula is C15H28N2O. The molecule has 1 atom stereocenters. The van der Waals surface area contributed by atoms with Crippen LogP contribution in [-0.4, -0.2) is 49.8 Å². The maximum absolute atomic E-state index is 5.92. The highest BCUT2D eigenvalue weighted by molar-refractivity contribution is 4.88. The van der Waals surface area contributed by atoms with Crippen LogP contribution in [0.5, 0.6) is 0 Å². The van der Waals surface area contributed by atoms with Crippen LogP contribution < -0.4 is 5.32 Å². The molecule has 104 valence electrons. The van der Waals surface area contributed by atoms with Gasteiger partial charge >= 0.3 is 0 Å². The van der Waals surface area contributed by atoms with Crippen LogP contribution in [0.15, 0.2) is 0 Å². The third-order valence-corrected chi connectivity index (χ3v) is 4.73. The standard InChI is InChI=1S/C15H28N2O/c1-2-10-18-15(3-1)12-17(14-4-5-14)11-13-6-8-16-9-7-13/h13-16H,1-12H2. The fourth-order valence-corrected chi connectivity index (χ4v) is 3.42. The monoisotopic (exact) mass is 252 g/mol. The van der Waals surface area contributed by atoms with Crippen LogP contribution in [0.2, 0.25) is 0 Å². The van der Waals surface area contributed by atoms with Crippen molar-refractivity contribution in [2.75, 3.05) is 32.8 Å². The van der Waals surface area contributed by atoms with Gasteiger partial charge in [0, 0.05) is 25.7 Å². The highest BCUT2D eigenvalue weighted by Crippen LogP contribution is 2.30. The van der Waals surface area contributed by atoms with E-state index < -0.39 is 0 Å². The summed E-state index contributed by atoms with van der Waals surface area (Å²) in [7, 11) is 0. The number of piperidine rings is 1. The molecule has 0 aromatic rings. The Morgan fingerprint density at radius 3 is 2.44 bits per heavy atom. The predicted octanol–water partition coefficient (Wildman–Crippen LogP) is 2.02. The zero-order valence-electron chi connectivity index (χ0n) is 11.6. The summed E-state index contributed by atoms with van der Waals surface area (Å²) < 4.78 is 5.92. The summed E-state index contributed by atoms with van der Waals surface area (Å²) in [5, 5.41) is 3.47. The number of rotatable bonds is 5. The lowest BCUT2D eigenvalue weighted by molar-refractivity contribution is -0.0106. The van der Waals surface area contributed by atoms with E-state index in [0.717, 1.165) is 18.6 Å². The Morgan fingerprint density at radius 1 is 0.944 bits per heavy atom. The molecule has 0 radical (unpaired) electrons. The van der Waals surface area contributed by atoms with E-state index >= 15 is 0 Å². The lowest BCUT2D eigenvalue weighted by Crippen LogP contribution is -2.42. The molecule has 2 saturated heterocycles. The second-order valence-electron chi connectivity index (χ2n) is 6.37. The first kappa shape index (κ1) is 12.9. The SMILES string of the molecule is C1CCC(CN(CC2CCNCC2)C2CC2)OC1. The molecule has 2 aliphatic heterocycles. The smallest absolute Gasteiger partial charge is 0.0702 e. The van der Waals surface area contributed by atoms with Crippen molar-refractivity contribution in [3.63, 3.8) is 0 Å². The van der Waals surface area contributed by atoms with Crippen molar-refractivity contribution in [3.05, 3.63) is 0 Å². The highest BCUT2D eigenvalue weighted by atomic mass is 16.5. The molecule has 1 aliphatic carbocycles. The second-order valence-corrected chi connectivity index (χ2v) is 6.37. The molecule has 1 unspecified atom stereocenters. The first-order valence-electron chi connectivity index (χ1n) is 7.98. The van der Waals surface area contributed by atoms with E-state index in [1.165, 1.54) is 71.1 Å². The van der Waals surface area contributed by atoms with Gasteiger partial charge in [-0.1, -0.05) is 0 Å². The molecule has 0 bridgehead atoms. The molecule has 3 nitrogen and oxygen atoms in total. The van der Waals surface area contributed by atoms with Crippen molar-refractivity contribution in [1.29, 1.82) is 0 Å². The number of ether oxygens (including phenoxy) is 1. The van der Waals surface area contributed by atoms with E-state index in [9.17, 15) is 0 Å². The van der Waals surface area contributed by atoms with Gasteiger partial charge in [-0.05, 0) is 64.0 Å². The second kappa shape index (κ2) is 6.36. The predicted molar refractivity (Wildman–Crippen MR) is 73.8 cm³/mol. The van der Waals surface area contributed by atoms with Crippen molar-refractivity contribution in [1.82, 2.24) is 10.2 Å². The van der Waals surface area contributed by atoms with Gasteiger partial charge in [-0.25, -0.2) is 0 Å². The van der Waals surface area contributed by atoms with Gasteiger partial charge in [0.05, 0.1) is 6.10 Å². The van der Waals surface area contributed by atoms with E-state index in [1.807, 2.05) is 0 Å². The normalized spacial score (nSPS) is 30.8. The van der Waals surface area contributed by atoms with Crippen LogP contribution in [0.4, 0.5) is 0 Å². The zero-order valence-corrected chi connectivity index (χ0v) is 11.6. The average molecular weight is 252 g/mol. The summed E-state index contributed by atoms with van der Waals surface area (Å²) in [6.45, 7) is 5.98. The molecule has 2 heterocycles. The molecule has 3 aliphatic rings. The molecule has 3 rings (SSSR count). The molecule has 1 saturated carbocycles. The Bertz CT molecular complexity index is 223. The molecule has 0 aromatic carbocycles. The summed E-state index contributed by atoms with van der Waals surface area (Å²) in [6, 6.07) is 0.894. The molecule has 1 N–H and O–H groups in total. The van der Waals surface area contributed by atoms with Crippen LogP contribution in [0, 0.1) is 5.92 Å². The topological polar surface area (TPSA) is 24.5 Å². The van der Waals surface area contributed by atoms with Gasteiger partial charge in [-0.2, -0.15) is 0 Å². The first-order valence-corrected chi connectivity index (χ1v) is 7.98. The van der Waals surface area contributed by atoms with Crippen LogP contribution in [0.25, 0.3) is 0 Å². The largest absolute Gasteiger partial charge is 0.377 e. The summed E-state index contributed by atoms with van der Waals surface area (Å²) in [6.07, 6.45) is 10.1. The minimum atomic E-state index is 0.529. The third kappa shape index (κ3) is 3.69. The van der Waals surface area contributed by atoms with Crippen molar-refractivity contribution >= 4 is 0 Å². The Balaban J connectivity index is 1.47. The Morgan fingerprint density at radius 2 is 1.78 bits per heavy atom. The van der Waals surface area contributed by atoms with Gasteiger partial charge in [0.1, 0.15) is 0 Å². The van der Waals surface area contributed by atoms with Crippen molar-refractivity contribution in [3.8, 4) is 0 Å². The Kier molecular flexibility index (Phi) is 4.55. The highest BCUT2D eigenvalue weighted by Gasteiger charge is 2.32. The molecule has 3 fully saturated rings. The van der Waals surface area contributed by atoms with Crippen LogP contribution in [-0.2, 0) is 4.74 Å². The fraction of sp³-hybridized carbons (Fsp3) is 1.00. The van der Waals surface area contributed by atoms with Gasteiger partial charge in [0.25, 0.3) is 0 Å². The summed E-state index contributed by atoms with van der Waals surface area (Å²) in [5.74, 6) is 0.926. The molecule has 0 spiro atoms. The molecule has 3 heteroatoms. The quantitative estimate of drug-likeness (QED) is 0.810. The number of hydrogen-bond acceptors (Lipinski definition) is 3. The minimum Gasteiger partial charge on any atom is -0.377 e. The van der Waals surface area contributed by atoms with E-state index in [-0.39, 0.29) is 0 Å². The first-order chi connectivity index (χ1) is 8.92. The summed E-state index contributed by atoms with van der Waals surface area (Å²) in [4.78, 5) is 2.76. The van der Waals surface area contributed by atoms with Gasteiger partial charge in [0.15, 0.2) is 0 Å². The lowest BCUT2D eigenvalue weighted by Gasteiger charge is -2.33. The van der Waals surface area contributed by atoms with Crippen molar-refractivity contribution < 1.29 is 4.74 Å². The van der Waals surface area contributed by atoms with Crippen LogP contribution in [0.3, 0.4) is 0 Å². The zero-order chi connectivity index (χ0) is 12.2. The van der Waals surface area contributed by atoms with Gasteiger partial charge in [-0.3, -0.25) is 4.90 Å². The van der Waals surface area contributed by atoms with E-state index in [2.05, 4.69) is 10.2 Å². The van der Waals surface area contributed by atoms with E-state index in [1.54, 1.807) is 0 Å².